The van der Waals surface area contributed by atoms with Crippen molar-refractivity contribution in [1.82, 2.24) is 20.5 Å². The van der Waals surface area contributed by atoms with E-state index in [0.717, 1.165) is 55.2 Å². The Morgan fingerprint density at radius 3 is 2.76 bits per heavy atom. The largest absolute Gasteiger partial charge is 0.487 e. The van der Waals surface area contributed by atoms with Gasteiger partial charge in [0.25, 0.3) is 0 Å². The van der Waals surface area contributed by atoms with Crippen LogP contribution in [0.3, 0.4) is 0 Å². The van der Waals surface area contributed by atoms with Crippen molar-refractivity contribution in [2.45, 2.75) is 107 Å². The lowest BCUT2D eigenvalue weighted by Gasteiger charge is -2.27. The first kappa shape index (κ1) is 32.1. The van der Waals surface area contributed by atoms with E-state index in [2.05, 4.69) is 15.6 Å². The zero-order valence-corrected chi connectivity index (χ0v) is 26.9. The molecule has 0 spiro atoms. The molecule has 2 aromatic rings. The van der Waals surface area contributed by atoms with Gasteiger partial charge in [-0.1, -0.05) is 18.6 Å². The van der Waals surface area contributed by atoms with Crippen molar-refractivity contribution in [3.05, 3.63) is 29.7 Å². The average molecular weight is 655 g/mol. The summed E-state index contributed by atoms with van der Waals surface area (Å²) < 4.78 is 18.5. The Bertz CT molecular complexity index is 1490. The fourth-order valence-corrected chi connectivity index (χ4v) is 7.68. The molecule has 0 bridgehead atoms. The number of hydrogen-bond donors (Lipinski definition) is 3. The molecule has 248 valence electrons. The van der Waals surface area contributed by atoms with Crippen LogP contribution < -0.4 is 20.1 Å². The van der Waals surface area contributed by atoms with Crippen molar-refractivity contribution >= 4 is 45.4 Å². The average Bonchev–Trinajstić information content (AvgIpc) is 3.46. The highest BCUT2D eigenvalue weighted by atomic mass is 32.1. The smallest absolute Gasteiger partial charge is 0.407 e. The van der Waals surface area contributed by atoms with Crippen LogP contribution in [0.2, 0.25) is 0 Å². The lowest BCUT2D eigenvalue weighted by molar-refractivity contribution is -0.145. The van der Waals surface area contributed by atoms with E-state index in [1.54, 1.807) is 6.07 Å². The number of rotatable bonds is 7. The van der Waals surface area contributed by atoms with Crippen LogP contribution in [0.5, 0.6) is 11.6 Å². The van der Waals surface area contributed by atoms with Gasteiger partial charge in [-0.3, -0.25) is 9.59 Å². The van der Waals surface area contributed by atoms with E-state index in [9.17, 15) is 24.3 Å². The van der Waals surface area contributed by atoms with Crippen molar-refractivity contribution in [3.63, 3.8) is 0 Å². The second-order valence-corrected chi connectivity index (χ2v) is 13.6. The number of nitrogens with zero attached hydrogens (tertiary/aromatic N) is 2. The molecule has 2 aliphatic heterocycles. The minimum atomic E-state index is -1.39. The lowest BCUT2D eigenvalue weighted by Crippen LogP contribution is -2.53. The Hall–Kier alpha value is -3.87. The summed E-state index contributed by atoms with van der Waals surface area (Å²) in [5.74, 6) is -1.28. The number of carbonyl (C=O) groups excluding carboxylic acids is 3. The van der Waals surface area contributed by atoms with Gasteiger partial charge in [-0.25, -0.2) is 14.6 Å². The zero-order chi connectivity index (χ0) is 32.3. The van der Waals surface area contributed by atoms with Crippen LogP contribution >= 0.6 is 11.3 Å². The number of carbonyl (C=O) groups is 4. The van der Waals surface area contributed by atoms with E-state index in [-0.39, 0.29) is 37.3 Å². The monoisotopic (exact) mass is 654 g/mol. The molecule has 12 nitrogen and oxygen atoms in total. The molecule has 3 amide bonds. The number of aromatic nitrogens is 1. The number of ether oxygens (including phenoxy) is 3. The first-order valence-corrected chi connectivity index (χ1v) is 17.3. The number of hydrogen-bond acceptors (Lipinski definition) is 9. The number of pyridine rings is 1. The molecule has 2 saturated carbocycles. The summed E-state index contributed by atoms with van der Waals surface area (Å²) in [6, 6.07) is 2.18. The number of alkyl carbamates (subject to hydrolysis) is 1. The number of allylic oxidation sites excluding steroid dienone is 1. The molecule has 3 N–H and O–H groups in total. The standard InChI is InChI=1S/C33H42N4O8S/c1-2-43-27-17-26(29-24(35-27)13-14-46-29)44-23-16-25-30(39)36-33(31(40)41)18-20(33)9-5-3-4-6-10-21(15-28(38)37(25)19-23)34-32(42)45-22-11-7-8-12-22/h5,9,13-14,17,20-23,25H,2-4,6-8,10-12,15-16,18-19H2,1H3,(H,34,42)(H,36,39)(H,40,41)/b9-5-/t20-,21-,23+,25-,33+/m0/s1. The molecule has 6 rings (SSSR count). The fourth-order valence-electron chi connectivity index (χ4n) is 6.89. The third kappa shape index (κ3) is 7.08. The predicted octanol–water partition coefficient (Wildman–Crippen LogP) is 4.56. The van der Waals surface area contributed by atoms with Crippen LogP contribution in [0, 0.1) is 5.92 Å². The molecule has 2 aromatic heterocycles. The van der Waals surface area contributed by atoms with E-state index < -0.39 is 41.7 Å². The highest BCUT2D eigenvalue weighted by molar-refractivity contribution is 7.17. The van der Waals surface area contributed by atoms with E-state index in [0.29, 0.717) is 31.1 Å². The summed E-state index contributed by atoms with van der Waals surface area (Å²) in [5, 5.41) is 17.7. The quantitative estimate of drug-likeness (QED) is 0.364. The highest BCUT2D eigenvalue weighted by Crippen LogP contribution is 2.45. The van der Waals surface area contributed by atoms with Crippen LogP contribution in [0.25, 0.3) is 10.2 Å². The number of fused-ring (bicyclic) bond motifs is 3. The number of amides is 3. The Labute approximate surface area is 271 Å². The summed E-state index contributed by atoms with van der Waals surface area (Å²) in [6.07, 6.45) is 9.75. The molecule has 3 fully saturated rings. The van der Waals surface area contributed by atoms with Crippen LogP contribution in [0.1, 0.15) is 77.6 Å². The lowest BCUT2D eigenvalue weighted by atomic mass is 10.0. The van der Waals surface area contributed by atoms with Gasteiger partial charge in [0.15, 0.2) is 0 Å². The van der Waals surface area contributed by atoms with Gasteiger partial charge in [0.05, 0.1) is 23.4 Å². The molecule has 4 aliphatic rings. The molecule has 2 aliphatic carbocycles. The van der Waals surface area contributed by atoms with Crippen LogP contribution in [-0.4, -0.2) is 81.8 Å². The number of nitrogens with one attached hydrogen (secondary N) is 2. The second kappa shape index (κ2) is 13.9. The fraction of sp³-hybridized carbons (Fsp3) is 0.606. The summed E-state index contributed by atoms with van der Waals surface area (Å²) in [5.41, 5.74) is -0.668. The van der Waals surface area contributed by atoms with E-state index in [1.807, 2.05) is 30.5 Å². The number of carboxylic acids is 1. The summed E-state index contributed by atoms with van der Waals surface area (Å²) in [7, 11) is 0. The first-order chi connectivity index (χ1) is 22.3. The van der Waals surface area contributed by atoms with Crippen molar-refractivity contribution in [3.8, 4) is 11.6 Å². The topological polar surface area (TPSA) is 156 Å². The second-order valence-electron chi connectivity index (χ2n) is 12.7. The Morgan fingerprint density at radius 1 is 1.17 bits per heavy atom. The SMILES string of the molecule is CCOc1cc(O[C@@H]2C[C@H]3C(=O)N[C@]4(C(=O)O)C[C@@H]4/C=C\CCCC[C@H](NC(=O)OC4CCCC4)CC(=O)N3C2)c2sccc2n1. The van der Waals surface area contributed by atoms with E-state index >= 15 is 0 Å². The molecule has 1 saturated heterocycles. The molecule has 46 heavy (non-hydrogen) atoms. The number of thiophene rings is 1. The highest BCUT2D eigenvalue weighted by Gasteiger charge is 2.61. The van der Waals surface area contributed by atoms with Crippen LogP contribution in [0.15, 0.2) is 29.7 Å². The summed E-state index contributed by atoms with van der Waals surface area (Å²) in [4.78, 5) is 58.9. The van der Waals surface area contributed by atoms with Gasteiger partial charge in [-0.2, -0.15) is 0 Å². The van der Waals surface area contributed by atoms with Crippen molar-refractivity contribution < 1.29 is 38.5 Å². The first-order valence-electron chi connectivity index (χ1n) is 16.4. The normalized spacial score (nSPS) is 29.5. The van der Waals surface area contributed by atoms with Gasteiger partial charge in [0, 0.05) is 30.9 Å². The molecule has 0 aromatic carbocycles. The third-order valence-corrected chi connectivity index (χ3v) is 10.3. The van der Waals surface area contributed by atoms with Gasteiger partial charge < -0.3 is 34.9 Å². The summed E-state index contributed by atoms with van der Waals surface area (Å²) in [6.45, 7) is 2.42. The molecule has 4 heterocycles. The Balaban J connectivity index is 1.24. The molecule has 5 atom stereocenters. The molecular formula is C33H42N4O8S. The van der Waals surface area contributed by atoms with Gasteiger partial charge in [0.2, 0.25) is 17.7 Å². The molecule has 0 unspecified atom stereocenters. The van der Waals surface area contributed by atoms with Crippen LogP contribution in [0.4, 0.5) is 4.79 Å². The maximum atomic E-state index is 14.0. The predicted molar refractivity (Wildman–Crippen MR) is 170 cm³/mol. The van der Waals surface area contributed by atoms with E-state index in [4.69, 9.17) is 14.2 Å². The van der Waals surface area contributed by atoms with Crippen molar-refractivity contribution in [2.75, 3.05) is 13.2 Å². The third-order valence-electron chi connectivity index (χ3n) is 9.43. The Morgan fingerprint density at radius 2 is 1.98 bits per heavy atom. The maximum absolute atomic E-state index is 14.0. The van der Waals surface area contributed by atoms with Gasteiger partial charge in [-0.05, 0) is 69.7 Å². The summed E-state index contributed by atoms with van der Waals surface area (Å²) >= 11 is 1.47. The van der Waals surface area contributed by atoms with E-state index in [1.165, 1.54) is 16.2 Å². The minimum Gasteiger partial charge on any atom is -0.487 e. The maximum Gasteiger partial charge on any atom is 0.407 e. The van der Waals surface area contributed by atoms with Crippen LogP contribution in [-0.2, 0) is 19.1 Å². The van der Waals surface area contributed by atoms with Gasteiger partial charge in [0.1, 0.15) is 29.5 Å². The van der Waals surface area contributed by atoms with Gasteiger partial charge in [-0.15, -0.1) is 11.3 Å². The van der Waals surface area contributed by atoms with Gasteiger partial charge >= 0.3 is 12.1 Å². The molecule has 0 radical (unpaired) electrons. The van der Waals surface area contributed by atoms with Crippen molar-refractivity contribution in [1.29, 1.82) is 0 Å². The van der Waals surface area contributed by atoms with Crippen molar-refractivity contribution in [2.24, 2.45) is 5.92 Å². The number of carboxylic acid groups (broad SMARTS) is 1. The minimum absolute atomic E-state index is 0.0162. The zero-order valence-electron chi connectivity index (χ0n) is 26.1. The number of aliphatic carboxylic acids is 1. The molecule has 13 heteroatoms. The Kier molecular flexibility index (Phi) is 9.67. The molecular weight excluding hydrogens is 612 g/mol.